The molecule has 0 spiro atoms. The van der Waals surface area contributed by atoms with Gasteiger partial charge in [-0.1, -0.05) is 0 Å². The predicted octanol–water partition coefficient (Wildman–Crippen LogP) is 2.75. The maximum Gasteiger partial charge on any atom is 0.319 e. The van der Waals surface area contributed by atoms with Crippen LogP contribution in [0, 0.1) is 0 Å². The highest BCUT2D eigenvalue weighted by Crippen LogP contribution is 2.21. The number of piperidine rings is 1. The van der Waals surface area contributed by atoms with Gasteiger partial charge in [0.05, 0.1) is 0 Å². The van der Waals surface area contributed by atoms with Crippen molar-refractivity contribution in [2.45, 2.75) is 25.7 Å². The Morgan fingerprint density at radius 2 is 1.82 bits per heavy atom. The smallest absolute Gasteiger partial charge is 0.319 e. The minimum absolute atomic E-state index is 0.135. The molecule has 0 radical (unpaired) electrons. The first-order valence-corrected chi connectivity index (χ1v) is 8.20. The van der Waals surface area contributed by atoms with Crippen LogP contribution in [-0.4, -0.2) is 51.2 Å². The van der Waals surface area contributed by atoms with E-state index in [1.54, 1.807) is 0 Å². The Hall–Kier alpha value is -1.75. The van der Waals surface area contributed by atoms with Crippen LogP contribution in [0.5, 0.6) is 0 Å². The number of benzene rings is 1. The van der Waals surface area contributed by atoms with Gasteiger partial charge in [0.2, 0.25) is 0 Å². The number of carbonyl (C=O) groups is 1. The molecule has 0 aromatic heterocycles. The lowest BCUT2D eigenvalue weighted by molar-refractivity contribution is 0.251. The summed E-state index contributed by atoms with van der Waals surface area (Å²) in [5.41, 5.74) is 2.09. The molecule has 5 heteroatoms. The van der Waals surface area contributed by atoms with Crippen LogP contribution >= 0.6 is 0 Å². The number of nitrogens with one attached hydrogen (secondary N) is 2. The fraction of sp³-hybridized carbons (Fsp3) is 0.588. The van der Waals surface area contributed by atoms with Crippen molar-refractivity contribution in [3.8, 4) is 0 Å². The SMILES string of the molecule is CN(C)CCCNC(=O)Nc1ccc(N2CCCCC2)cc1. The molecular formula is C17H28N4O. The van der Waals surface area contributed by atoms with E-state index in [4.69, 9.17) is 0 Å². The summed E-state index contributed by atoms with van der Waals surface area (Å²) in [5, 5.41) is 5.76. The number of carbonyl (C=O) groups excluding carboxylic acids is 1. The normalized spacial score (nSPS) is 15.0. The molecule has 0 atom stereocenters. The van der Waals surface area contributed by atoms with Gasteiger partial charge < -0.3 is 20.4 Å². The molecule has 1 aliphatic rings. The molecular weight excluding hydrogens is 276 g/mol. The van der Waals surface area contributed by atoms with Crippen LogP contribution in [0.2, 0.25) is 0 Å². The molecule has 1 heterocycles. The quantitative estimate of drug-likeness (QED) is 0.795. The van der Waals surface area contributed by atoms with E-state index >= 15 is 0 Å². The van der Waals surface area contributed by atoms with E-state index in [1.807, 2.05) is 26.2 Å². The van der Waals surface area contributed by atoms with E-state index in [-0.39, 0.29) is 6.03 Å². The van der Waals surface area contributed by atoms with Crippen LogP contribution in [0.4, 0.5) is 16.2 Å². The Morgan fingerprint density at radius 1 is 1.14 bits per heavy atom. The number of hydrogen-bond donors (Lipinski definition) is 2. The standard InChI is InChI=1S/C17H28N4O/c1-20(2)12-6-11-18-17(22)19-15-7-9-16(10-8-15)21-13-4-3-5-14-21/h7-10H,3-6,11-14H2,1-2H3,(H2,18,19,22). The molecule has 2 N–H and O–H groups in total. The Labute approximate surface area is 133 Å². The van der Waals surface area contributed by atoms with E-state index < -0.39 is 0 Å². The zero-order valence-corrected chi connectivity index (χ0v) is 13.8. The average molecular weight is 304 g/mol. The fourth-order valence-corrected chi connectivity index (χ4v) is 2.68. The lowest BCUT2D eigenvalue weighted by Gasteiger charge is -2.28. The average Bonchev–Trinajstić information content (AvgIpc) is 2.53. The van der Waals surface area contributed by atoms with E-state index in [0.717, 1.165) is 31.7 Å². The first kappa shape index (κ1) is 16.6. The Bertz CT molecular complexity index is 452. The lowest BCUT2D eigenvalue weighted by atomic mass is 10.1. The maximum atomic E-state index is 11.8. The third kappa shape index (κ3) is 5.56. The Morgan fingerprint density at radius 3 is 2.45 bits per heavy atom. The summed E-state index contributed by atoms with van der Waals surface area (Å²) < 4.78 is 0. The second-order valence-electron chi connectivity index (χ2n) is 6.13. The summed E-state index contributed by atoms with van der Waals surface area (Å²) >= 11 is 0. The highest BCUT2D eigenvalue weighted by molar-refractivity contribution is 5.89. The molecule has 0 unspecified atom stereocenters. The van der Waals surface area contributed by atoms with Crippen molar-refractivity contribution in [1.29, 1.82) is 0 Å². The maximum absolute atomic E-state index is 11.8. The van der Waals surface area contributed by atoms with Gasteiger partial charge in [0.15, 0.2) is 0 Å². The molecule has 22 heavy (non-hydrogen) atoms. The molecule has 0 saturated carbocycles. The molecule has 1 aliphatic heterocycles. The van der Waals surface area contributed by atoms with Crippen molar-refractivity contribution < 1.29 is 4.79 Å². The zero-order valence-electron chi connectivity index (χ0n) is 13.8. The Kier molecular flexibility index (Phi) is 6.52. The summed E-state index contributed by atoms with van der Waals surface area (Å²) in [6, 6.07) is 8.00. The lowest BCUT2D eigenvalue weighted by Crippen LogP contribution is -2.31. The third-order valence-corrected chi connectivity index (χ3v) is 3.91. The topological polar surface area (TPSA) is 47.6 Å². The van der Waals surface area contributed by atoms with Gasteiger partial charge in [-0.05, 0) is 70.6 Å². The van der Waals surface area contributed by atoms with Gasteiger partial charge in [-0.25, -0.2) is 4.79 Å². The minimum Gasteiger partial charge on any atom is -0.372 e. The second kappa shape index (κ2) is 8.63. The van der Waals surface area contributed by atoms with Crippen molar-refractivity contribution in [3.05, 3.63) is 24.3 Å². The molecule has 0 bridgehead atoms. The third-order valence-electron chi connectivity index (χ3n) is 3.91. The van der Waals surface area contributed by atoms with Crippen LogP contribution in [0.3, 0.4) is 0 Å². The summed E-state index contributed by atoms with van der Waals surface area (Å²) in [6.07, 6.45) is 4.84. The summed E-state index contributed by atoms with van der Waals surface area (Å²) in [7, 11) is 4.06. The van der Waals surface area contributed by atoms with Gasteiger partial charge in [0, 0.05) is 31.0 Å². The van der Waals surface area contributed by atoms with E-state index in [9.17, 15) is 4.79 Å². The van der Waals surface area contributed by atoms with Gasteiger partial charge in [0.1, 0.15) is 0 Å². The number of anilines is 2. The van der Waals surface area contributed by atoms with Crippen LogP contribution in [0.15, 0.2) is 24.3 Å². The van der Waals surface area contributed by atoms with Crippen molar-refractivity contribution in [2.75, 3.05) is 50.5 Å². The van der Waals surface area contributed by atoms with E-state index in [2.05, 4.69) is 32.6 Å². The predicted molar refractivity (Wildman–Crippen MR) is 92.7 cm³/mol. The van der Waals surface area contributed by atoms with E-state index in [1.165, 1.54) is 24.9 Å². The number of hydrogen-bond acceptors (Lipinski definition) is 3. The zero-order chi connectivity index (χ0) is 15.8. The number of amides is 2. The number of urea groups is 1. The minimum atomic E-state index is -0.135. The molecule has 5 nitrogen and oxygen atoms in total. The van der Waals surface area contributed by atoms with Crippen LogP contribution in [0.25, 0.3) is 0 Å². The van der Waals surface area contributed by atoms with Gasteiger partial charge in [-0.3, -0.25) is 0 Å². The highest BCUT2D eigenvalue weighted by atomic mass is 16.2. The van der Waals surface area contributed by atoms with Crippen LogP contribution < -0.4 is 15.5 Å². The largest absolute Gasteiger partial charge is 0.372 e. The van der Waals surface area contributed by atoms with Crippen LogP contribution in [0.1, 0.15) is 25.7 Å². The van der Waals surface area contributed by atoms with Crippen molar-refractivity contribution in [3.63, 3.8) is 0 Å². The van der Waals surface area contributed by atoms with Crippen molar-refractivity contribution >= 4 is 17.4 Å². The summed E-state index contributed by atoms with van der Waals surface area (Å²) in [6.45, 7) is 3.94. The van der Waals surface area contributed by atoms with Crippen molar-refractivity contribution in [2.24, 2.45) is 0 Å². The molecule has 1 aromatic carbocycles. The van der Waals surface area contributed by atoms with Crippen molar-refractivity contribution in [1.82, 2.24) is 10.2 Å². The summed E-state index contributed by atoms with van der Waals surface area (Å²) in [4.78, 5) is 16.3. The molecule has 2 rings (SSSR count). The molecule has 0 aliphatic carbocycles. The van der Waals surface area contributed by atoms with Crippen LogP contribution in [-0.2, 0) is 0 Å². The first-order valence-electron chi connectivity index (χ1n) is 8.20. The fourth-order valence-electron chi connectivity index (χ4n) is 2.68. The monoisotopic (exact) mass is 304 g/mol. The number of nitrogens with zero attached hydrogens (tertiary/aromatic N) is 2. The van der Waals surface area contributed by atoms with Gasteiger partial charge >= 0.3 is 6.03 Å². The molecule has 1 aromatic rings. The first-order chi connectivity index (χ1) is 10.6. The highest BCUT2D eigenvalue weighted by Gasteiger charge is 2.10. The molecule has 1 fully saturated rings. The van der Waals surface area contributed by atoms with Gasteiger partial charge in [-0.2, -0.15) is 0 Å². The molecule has 2 amide bonds. The molecule has 122 valence electrons. The van der Waals surface area contributed by atoms with E-state index in [0.29, 0.717) is 6.54 Å². The summed E-state index contributed by atoms with van der Waals surface area (Å²) in [5.74, 6) is 0. The Balaban J connectivity index is 1.74. The van der Waals surface area contributed by atoms with Gasteiger partial charge in [0.25, 0.3) is 0 Å². The number of rotatable bonds is 6. The van der Waals surface area contributed by atoms with Gasteiger partial charge in [-0.15, -0.1) is 0 Å². The molecule has 1 saturated heterocycles. The second-order valence-corrected chi connectivity index (χ2v) is 6.13.